The Morgan fingerprint density at radius 1 is 0.576 bits per heavy atom. The molecule has 0 N–H and O–H groups in total. The van der Waals surface area contributed by atoms with Crippen LogP contribution in [0, 0.1) is 0 Å². The zero-order valence-corrected chi connectivity index (χ0v) is 22.0. The monoisotopic (exact) mass is 452 g/mol. The van der Waals surface area contributed by atoms with Gasteiger partial charge in [0.25, 0.3) is 0 Å². The highest BCUT2D eigenvalue weighted by molar-refractivity contribution is 5.15. The van der Waals surface area contributed by atoms with Gasteiger partial charge in [-0.2, -0.15) is 0 Å². The summed E-state index contributed by atoms with van der Waals surface area (Å²) in [6, 6.07) is 10.9. The van der Waals surface area contributed by atoms with Gasteiger partial charge in [0.05, 0.1) is 5.69 Å². The lowest BCUT2D eigenvalue weighted by Gasteiger charge is -2.08. The summed E-state index contributed by atoms with van der Waals surface area (Å²) in [4.78, 5) is 5.10. The number of rotatable bonds is 21. The van der Waals surface area contributed by atoms with Crippen molar-refractivity contribution in [2.24, 2.45) is 0 Å². The van der Waals surface area contributed by atoms with Gasteiger partial charge in [-0.3, -0.25) is 0 Å². The molecule has 2 aromatic rings. The number of aromatic nitrogens is 2. The van der Waals surface area contributed by atoms with Gasteiger partial charge in [-0.15, -0.1) is 0 Å². The quantitative estimate of drug-likeness (QED) is 0.172. The Kier molecular flexibility index (Phi) is 15.8. The predicted octanol–water partition coefficient (Wildman–Crippen LogP) is 9.49. The van der Waals surface area contributed by atoms with E-state index in [-0.39, 0.29) is 0 Å². The second-order valence-corrected chi connectivity index (χ2v) is 10.0. The van der Waals surface area contributed by atoms with Crippen molar-refractivity contribution in [3.8, 4) is 0 Å². The first kappa shape index (κ1) is 27.7. The highest BCUT2D eigenvalue weighted by atomic mass is 15.1. The van der Waals surface area contributed by atoms with E-state index in [1.165, 1.54) is 120 Å². The van der Waals surface area contributed by atoms with E-state index in [1.807, 2.05) is 0 Å². The number of benzene rings is 1. The maximum Gasteiger partial charge on any atom is 0.108 e. The summed E-state index contributed by atoms with van der Waals surface area (Å²) in [5.41, 5.74) is 2.75. The molecule has 0 bridgehead atoms. The second kappa shape index (κ2) is 18.8. The molecule has 0 spiro atoms. The van der Waals surface area contributed by atoms with Crippen molar-refractivity contribution in [2.75, 3.05) is 0 Å². The molecule has 0 unspecified atom stereocenters. The Morgan fingerprint density at radius 3 is 1.79 bits per heavy atom. The first-order chi connectivity index (χ1) is 16.3. The van der Waals surface area contributed by atoms with E-state index in [2.05, 4.69) is 54.9 Å². The predicted molar refractivity (Wildman–Crippen MR) is 145 cm³/mol. The van der Waals surface area contributed by atoms with Gasteiger partial charge in [0, 0.05) is 19.2 Å². The van der Waals surface area contributed by atoms with Crippen molar-refractivity contribution >= 4 is 0 Å². The molecular weight excluding hydrogens is 400 g/mol. The van der Waals surface area contributed by atoms with Gasteiger partial charge in [0.15, 0.2) is 0 Å². The summed E-state index contributed by atoms with van der Waals surface area (Å²) >= 11 is 0. The molecule has 0 amide bonds. The fourth-order valence-corrected chi connectivity index (χ4v) is 4.80. The van der Waals surface area contributed by atoms with Crippen LogP contribution in [0.1, 0.15) is 134 Å². The molecule has 0 aliphatic carbocycles. The number of unbranched alkanes of at least 4 members (excludes halogenated alkanes) is 13. The van der Waals surface area contributed by atoms with Gasteiger partial charge >= 0.3 is 0 Å². The molecular formula is C31H52N2. The fraction of sp³-hybridized carbons (Fsp3) is 0.710. The molecule has 0 aliphatic rings. The summed E-state index contributed by atoms with van der Waals surface area (Å²) in [6.45, 7) is 5.75. The fourth-order valence-electron chi connectivity index (χ4n) is 4.80. The first-order valence-electron chi connectivity index (χ1n) is 14.4. The molecule has 0 radical (unpaired) electrons. The van der Waals surface area contributed by atoms with E-state index in [4.69, 9.17) is 4.98 Å². The van der Waals surface area contributed by atoms with E-state index in [0.717, 1.165) is 25.8 Å². The van der Waals surface area contributed by atoms with Crippen LogP contribution in [0.15, 0.2) is 36.5 Å². The number of nitrogens with zero attached hydrogens (tertiary/aromatic N) is 2. The number of hydrogen-bond donors (Lipinski definition) is 0. The minimum absolute atomic E-state index is 1.10. The van der Waals surface area contributed by atoms with Crippen LogP contribution in [-0.4, -0.2) is 9.55 Å². The van der Waals surface area contributed by atoms with Crippen molar-refractivity contribution in [3.05, 3.63) is 53.6 Å². The molecule has 0 saturated heterocycles. The minimum atomic E-state index is 1.10. The van der Waals surface area contributed by atoms with Crippen LogP contribution in [0.2, 0.25) is 0 Å². The van der Waals surface area contributed by atoms with Crippen LogP contribution in [0.5, 0.6) is 0 Å². The third-order valence-electron chi connectivity index (χ3n) is 6.91. The smallest absolute Gasteiger partial charge is 0.108 e. The Bertz CT molecular complexity index is 688. The molecule has 1 aromatic heterocycles. The van der Waals surface area contributed by atoms with Crippen LogP contribution in [0.25, 0.3) is 0 Å². The summed E-state index contributed by atoms with van der Waals surface area (Å²) in [6.07, 6.45) is 27.7. The van der Waals surface area contributed by atoms with Gasteiger partial charge in [-0.05, 0) is 37.7 Å². The maximum atomic E-state index is 5.10. The molecule has 0 atom stereocenters. The SMILES string of the molecule is CCCCCCCCCCCc1nc(CCCc2ccccc2)cn1CCCCCCCC. The van der Waals surface area contributed by atoms with Gasteiger partial charge in [-0.1, -0.05) is 128 Å². The molecule has 2 heteroatoms. The van der Waals surface area contributed by atoms with Crippen molar-refractivity contribution in [1.29, 1.82) is 0 Å². The molecule has 0 aliphatic heterocycles. The normalized spacial score (nSPS) is 11.3. The Balaban J connectivity index is 1.74. The van der Waals surface area contributed by atoms with Crippen LogP contribution < -0.4 is 0 Å². The summed E-state index contributed by atoms with van der Waals surface area (Å²) in [5, 5.41) is 0. The third-order valence-corrected chi connectivity index (χ3v) is 6.91. The third kappa shape index (κ3) is 13.0. The Morgan fingerprint density at radius 2 is 1.15 bits per heavy atom. The molecule has 33 heavy (non-hydrogen) atoms. The molecule has 1 aromatic carbocycles. The topological polar surface area (TPSA) is 17.8 Å². The summed E-state index contributed by atoms with van der Waals surface area (Å²) in [7, 11) is 0. The number of imidazole rings is 1. The highest BCUT2D eigenvalue weighted by Gasteiger charge is 2.08. The van der Waals surface area contributed by atoms with E-state index < -0.39 is 0 Å². The average Bonchev–Trinajstić information content (AvgIpc) is 3.22. The Labute approximate surface area is 205 Å². The number of hydrogen-bond acceptors (Lipinski definition) is 1. The molecule has 2 rings (SSSR count). The van der Waals surface area contributed by atoms with Crippen molar-refractivity contribution in [3.63, 3.8) is 0 Å². The molecule has 1 heterocycles. The van der Waals surface area contributed by atoms with Crippen LogP contribution in [0.3, 0.4) is 0 Å². The van der Waals surface area contributed by atoms with Crippen LogP contribution in [0.4, 0.5) is 0 Å². The van der Waals surface area contributed by atoms with E-state index in [1.54, 1.807) is 0 Å². The van der Waals surface area contributed by atoms with Gasteiger partial charge in [0.2, 0.25) is 0 Å². The van der Waals surface area contributed by atoms with Crippen LogP contribution in [-0.2, 0) is 25.8 Å². The van der Waals surface area contributed by atoms with Crippen molar-refractivity contribution in [2.45, 2.75) is 142 Å². The van der Waals surface area contributed by atoms with Gasteiger partial charge in [-0.25, -0.2) is 4.98 Å². The van der Waals surface area contributed by atoms with Gasteiger partial charge < -0.3 is 4.57 Å². The molecule has 186 valence electrons. The van der Waals surface area contributed by atoms with Crippen molar-refractivity contribution in [1.82, 2.24) is 9.55 Å². The van der Waals surface area contributed by atoms with E-state index in [9.17, 15) is 0 Å². The maximum absolute atomic E-state index is 5.10. The lowest BCUT2D eigenvalue weighted by atomic mass is 10.1. The summed E-state index contributed by atoms with van der Waals surface area (Å²) in [5.74, 6) is 1.35. The van der Waals surface area contributed by atoms with E-state index in [0.29, 0.717) is 0 Å². The zero-order valence-electron chi connectivity index (χ0n) is 22.0. The minimum Gasteiger partial charge on any atom is -0.335 e. The molecule has 0 saturated carbocycles. The largest absolute Gasteiger partial charge is 0.335 e. The second-order valence-electron chi connectivity index (χ2n) is 10.0. The average molecular weight is 453 g/mol. The van der Waals surface area contributed by atoms with Crippen molar-refractivity contribution < 1.29 is 0 Å². The molecule has 0 fully saturated rings. The molecule has 2 nitrogen and oxygen atoms in total. The van der Waals surface area contributed by atoms with Crippen LogP contribution >= 0.6 is 0 Å². The van der Waals surface area contributed by atoms with Gasteiger partial charge in [0.1, 0.15) is 5.82 Å². The lowest BCUT2D eigenvalue weighted by molar-refractivity contribution is 0.532. The number of aryl methyl sites for hydroxylation is 4. The standard InChI is InChI=1S/C31H52N2/c1-3-5-7-9-11-12-13-14-19-26-31-32-30(25-21-24-29-22-17-16-18-23-29)28-33(31)27-20-15-10-8-6-4-2/h16-18,22-23,28H,3-15,19-21,24-27H2,1-2H3. The van der Waals surface area contributed by atoms with E-state index >= 15 is 0 Å². The zero-order chi connectivity index (χ0) is 23.4. The highest BCUT2D eigenvalue weighted by Crippen LogP contribution is 2.15. The Hall–Kier alpha value is -1.57. The first-order valence-corrected chi connectivity index (χ1v) is 14.4. The lowest BCUT2D eigenvalue weighted by Crippen LogP contribution is -2.03. The summed E-state index contributed by atoms with van der Waals surface area (Å²) < 4.78 is 2.50.